The molecule has 27 heavy (non-hydrogen) atoms. The Balaban J connectivity index is 0.00000261. The van der Waals surface area contributed by atoms with E-state index in [1.807, 2.05) is 0 Å². The van der Waals surface area contributed by atoms with Crippen molar-refractivity contribution in [3.8, 4) is 11.5 Å². The molecule has 0 aliphatic carbocycles. The lowest BCUT2D eigenvalue weighted by Crippen LogP contribution is -2.54. The molecular weight excluding hydrogens is 418 g/mol. The van der Waals surface area contributed by atoms with E-state index in [0.29, 0.717) is 36.1 Å². The summed E-state index contributed by atoms with van der Waals surface area (Å²) in [5.74, 6) is -0.831. The highest BCUT2D eigenvalue weighted by atomic mass is 35.5. The van der Waals surface area contributed by atoms with Gasteiger partial charge >= 0.3 is 0 Å². The number of hydrogen-bond donors (Lipinski definition) is 2. The average Bonchev–Trinajstić information content (AvgIpc) is 2.61. The van der Waals surface area contributed by atoms with E-state index in [-0.39, 0.29) is 35.5 Å². The second kappa shape index (κ2) is 9.08. The van der Waals surface area contributed by atoms with Crippen molar-refractivity contribution in [2.45, 2.75) is 18.4 Å². The van der Waals surface area contributed by atoms with Gasteiger partial charge in [-0.15, -0.1) is 12.4 Å². The normalized spacial score (nSPS) is 15.6. The summed E-state index contributed by atoms with van der Waals surface area (Å²) >= 11 is 11.9. The van der Waals surface area contributed by atoms with Crippen molar-refractivity contribution in [3.05, 3.63) is 52.3 Å². The molecule has 2 aromatic carbocycles. The molecule has 1 fully saturated rings. The fourth-order valence-electron chi connectivity index (χ4n) is 2.55. The molecule has 3 N–H and O–H groups in total. The number of carbonyl (C=O) groups excluding carboxylic acids is 1. The largest absolute Gasteiger partial charge is 0.453 e. The molecule has 0 bridgehead atoms. The highest BCUT2D eigenvalue weighted by Crippen LogP contribution is 2.34. The van der Waals surface area contributed by atoms with Gasteiger partial charge in [0.2, 0.25) is 5.91 Å². The van der Waals surface area contributed by atoms with Gasteiger partial charge in [0.25, 0.3) is 0 Å². The second-order valence-corrected chi connectivity index (χ2v) is 6.89. The van der Waals surface area contributed by atoms with Gasteiger partial charge in [-0.25, -0.2) is 4.39 Å². The third kappa shape index (κ3) is 5.24. The molecule has 5 nitrogen and oxygen atoms in total. The highest BCUT2D eigenvalue weighted by molar-refractivity contribution is 6.34. The van der Waals surface area contributed by atoms with Crippen LogP contribution >= 0.6 is 35.6 Å². The van der Waals surface area contributed by atoms with E-state index in [1.165, 1.54) is 18.2 Å². The molecule has 1 heterocycles. The van der Waals surface area contributed by atoms with Crippen molar-refractivity contribution in [2.75, 3.05) is 18.5 Å². The number of nitrogens with one attached hydrogen (secondary N) is 1. The van der Waals surface area contributed by atoms with Crippen molar-refractivity contribution in [1.29, 1.82) is 0 Å². The van der Waals surface area contributed by atoms with Gasteiger partial charge in [-0.2, -0.15) is 0 Å². The van der Waals surface area contributed by atoms with Crippen molar-refractivity contribution < 1.29 is 18.7 Å². The number of carbonyl (C=O) groups is 1. The van der Waals surface area contributed by atoms with Gasteiger partial charge in [0.05, 0.1) is 5.02 Å². The summed E-state index contributed by atoms with van der Waals surface area (Å²) in [6.45, 7) is 0.844. The number of hydrogen-bond acceptors (Lipinski definition) is 4. The zero-order valence-electron chi connectivity index (χ0n) is 14.1. The molecule has 0 atom stereocenters. The van der Waals surface area contributed by atoms with Gasteiger partial charge in [0, 0.05) is 36.1 Å². The average molecular weight is 436 g/mol. The van der Waals surface area contributed by atoms with Gasteiger partial charge in [-0.3, -0.25) is 4.79 Å². The topological polar surface area (TPSA) is 73.6 Å². The molecule has 2 aromatic rings. The molecule has 146 valence electrons. The molecule has 0 unspecified atom stereocenters. The number of nitrogens with two attached hydrogens (primary N) is 1. The first-order chi connectivity index (χ1) is 12.4. The van der Waals surface area contributed by atoms with E-state index >= 15 is 0 Å². The number of halogens is 4. The molecule has 1 saturated heterocycles. The van der Waals surface area contributed by atoms with Crippen LogP contribution in [-0.2, 0) is 9.53 Å². The fraction of sp³-hybridized carbons (Fsp3) is 0.278. The quantitative estimate of drug-likeness (QED) is 0.724. The minimum absolute atomic E-state index is 0. The predicted octanol–water partition coefficient (Wildman–Crippen LogP) is 4.79. The Labute approximate surface area is 172 Å². The molecule has 0 saturated carbocycles. The lowest BCUT2D eigenvalue weighted by atomic mass is 9.90. The van der Waals surface area contributed by atoms with E-state index < -0.39 is 11.4 Å². The first kappa shape index (κ1) is 21.7. The van der Waals surface area contributed by atoms with Crippen LogP contribution < -0.4 is 15.8 Å². The van der Waals surface area contributed by atoms with Crippen molar-refractivity contribution in [3.63, 3.8) is 0 Å². The molecule has 3 rings (SSSR count). The molecule has 0 radical (unpaired) electrons. The van der Waals surface area contributed by atoms with E-state index in [0.717, 1.165) is 6.07 Å². The van der Waals surface area contributed by atoms with Crippen molar-refractivity contribution in [1.82, 2.24) is 0 Å². The molecule has 1 aliphatic rings. The number of ether oxygens (including phenoxy) is 2. The number of amides is 1. The van der Waals surface area contributed by atoms with E-state index in [2.05, 4.69) is 5.32 Å². The maximum absolute atomic E-state index is 14.4. The number of rotatable bonds is 4. The molecule has 1 aliphatic heterocycles. The summed E-state index contributed by atoms with van der Waals surface area (Å²) in [6, 6.07) is 8.73. The standard InChI is InChI=1S/C18H17Cl2FN2O3.ClH/c19-11-1-3-13(20)16(9-11)26-15-4-2-12(10-14(15)21)23-17(24)18(22)5-7-25-8-6-18;/h1-4,9-10H,5-8,22H2,(H,23,24);1H. The van der Waals surface area contributed by atoms with Crippen LogP contribution in [0.1, 0.15) is 12.8 Å². The summed E-state index contributed by atoms with van der Waals surface area (Å²) in [4.78, 5) is 12.4. The van der Waals surface area contributed by atoms with Gasteiger partial charge in [-0.1, -0.05) is 23.2 Å². The first-order valence-corrected chi connectivity index (χ1v) is 8.73. The molecule has 1 amide bonds. The van der Waals surface area contributed by atoms with Gasteiger partial charge in [0.1, 0.15) is 11.3 Å². The van der Waals surface area contributed by atoms with E-state index in [9.17, 15) is 9.18 Å². The molecule has 9 heteroatoms. The van der Waals surface area contributed by atoms with E-state index in [4.69, 9.17) is 38.4 Å². The Morgan fingerprint density at radius 2 is 1.85 bits per heavy atom. The Hall–Kier alpha value is -1.57. The Morgan fingerprint density at radius 1 is 1.15 bits per heavy atom. The minimum atomic E-state index is -1.02. The summed E-state index contributed by atoms with van der Waals surface area (Å²) in [5, 5.41) is 3.36. The van der Waals surface area contributed by atoms with Gasteiger partial charge in [0.15, 0.2) is 11.6 Å². The van der Waals surface area contributed by atoms with Gasteiger partial charge in [-0.05, 0) is 37.1 Å². The third-order valence-electron chi connectivity index (χ3n) is 4.14. The zero-order valence-corrected chi connectivity index (χ0v) is 16.5. The lowest BCUT2D eigenvalue weighted by Gasteiger charge is -2.31. The Kier molecular flexibility index (Phi) is 7.31. The Bertz CT molecular complexity index is 829. The number of anilines is 1. The summed E-state index contributed by atoms with van der Waals surface area (Å²) in [6.07, 6.45) is 0.825. The van der Waals surface area contributed by atoms with Crippen molar-refractivity contribution >= 4 is 47.2 Å². The predicted molar refractivity (Wildman–Crippen MR) is 106 cm³/mol. The van der Waals surface area contributed by atoms with Crippen molar-refractivity contribution in [2.24, 2.45) is 5.73 Å². The van der Waals surface area contributed by atoms with Crippen LogP contribution in [0.5, 0.6) is 11.5 Å². The smallest absolute Gasteiger partial charge is 0.244 e. The third-order valence-corrected chi connectivity index (χ3v) is 4.69. The monoisotopic (exact) mass is 434 g/mol. The summed E-state index contributed by atoms with van der Waals surface area (Å²) < 4.78 is 25.0. The SMILES string of the molecule is Cl.NC1(C(=O)Nc2ccc(Oc3cc(Cl)ccc3Cl)c(F)c2)CCOCC1. The first-order valence-electron chi connectivity index (χ1n) is 7.98. The minimum Gasteiger partial charge on any atom is -0.453 e. The second-order valence-electron chi connectivity index (χ2n) is 6.04. The van der Waals surface area contributed by atoms with Gasteiger partial charge < -0.3 is 20.5 Å². The molecular formula is C18H18Cl3FN2O3. The van der Waals surface area contributed by atoms with E-state index in [1.54, 1.807) is 12.1 Å². The Morgan fingerprint density at radius 3 is 2.52 bits per heavy atom. The maximum Gasteiger partial charge on any atom is 0.244 e. The lowest BCUT2D eigenvalue weighted by molar-refractivity contribution is -0.124. The fourth-order valence-corrected chi connectivity index (χ4v) is 2.87. The maximum atomic E-state index is 14.4. The summed E-state index contributed by atoms with van der Waals surface area (Å²) in [7, 11) is 0. The highest BCUT2D eigenvalue weighted by Gasteiger charge is 2.36. The van der Waals surface area contributed by atoms with Crippen LogP contribution in [-0.4, -0.2) is 24.7 Å². The van der Waals surface area contributed by atoms with Crippen LogP contribution in [0.25, 0.3) is 0 Å². The van der Waals surface area contributed by atoms with Crippen LogP contribution in [0.4, 0.5) is 10.1 Å². The number of benzene rings is 2. The molecule has 0 spiro atoms. The summed E-state index contributed by atoms with van der Waals surface area (Å²) in [5.41, 5.74) is 5.38. The van der Waals surface area contributed by atoms with Crippen LogP contribution in [0.3, 0.4) is 0 Å². The van der Waals surface area contributed by atoms with Crippen LogP contribution in [0.2, 0.25) is 10.0 Å². The van der Waals surface area contributed by atoms with Crippen LogP contribution in [0.15, 0.2) is 36.4 Å². The zero-order chi connectivity index (χ0) is 18.7. The van der Waals surface area contributed by atoms with Crippen LogP contribution in [0, 0.1) is 5.82 Å². The molecule has 0 aromatic heterocycles.